The first kappa shape index (κ1) is 16.1. The fourth-order valence-electron chi connectivity index (χ4n) is 2.83. The van der Waals surface area contributed by atoms with Crippen molar-refractivity contribution < 1.29 is 8.42 Å². The van der Waals surface area contributed by atoms with Crippen LogP contribution in [0, 0.1) is 5.41 Å². The van der Waals surface area contributed by atoms with Gasteiger partial charge in [-0.3, -0.25) is 0 Å². The van der Waals surface area contributed by atoms with E-state index >= 15 is 0 Å². The van der Waals surface area contributed by atoms with Gasteiger partial charge in [0.25, 0.3) is 0 Å². The highest BCUT2D eigenvalue weighted by atomic mass is 32.2. The molecular weight excluding hydrogens is 286 g/mol. The molecule has 0 heterocycles. The van der Waals surface area contributed by atoms with Gasteiger partial charge >= 0.3 is 0 Å². The number of hydrogen-bond donors (Lipinski definition) is 2. The Morgan fingerprint density at radius 2 is 1.90 bits per heavy atom. The van der Waals surface area contributed by atoms with Crippen molar-refractivity contribution in [2.45, 2.75) is 37.5 Å². The molecular formula is C15H25N3O2S. The van der Waals surface area contributed by atoms with Crippen molar-refractivity contribution in [1.82, 2.24) is 4.31 Å². The van der Waals surface area contributed by atoms with Crippen LogP contribution in [0.3, 0.4) is 0 Å². The smallest absolute Gasteiger partial charge is 0.244 e. The molecule has 0 radical (unpaired) electrons. The zero-order valence-corrected chi connectivity index (χ0v) is 13.8. The molecule has 118 valence electrons. The zero-order chi connectivity index (χ0) is 15.7. The lowest BCUT2D eigenvalue weighted by Gasteiger charge is -2.25. The minimum atomic E-state index is -3.51. The number of hydrogen-bond acceptors (Lipinski definition) is 4. The molecule has 1 aromatic rings. The molecule has 1 fully saturated rings. The Labute approximate surface area is 127 Å². The molecule has 21 heavy (non-hydrogen) atoms. The van der Waals surface area contributed by atoms with Gasteiger partial charge in [0.1, 0.15) is 4.90 Å². The molecule has 0 bridgehead atoms. The fourth-order valence-corrected chi connectivity index (χ4v) is 3.87. The molecule has 0 spiro atoms. The van der Waals surface area contributed by atoms with Gasteiger partial charge in [-0.1, -0.05) is 25.8 Å². The molecule has 0 aliphatic heterocycles. The Morgan fingerprint density at radius 1 is 1.29 bits per heavy atom. The standard InChI is InChI=1S/C15H25N3O2S/c1-15(9-4-5-10-15)11-17-12-7-6-8-13(14(12)16)21(19,20)18(2)3/h6-8,17H,4-5,9-11,16H2,1-3H3. The van der Waals surface area contributed by atoms with Crippen molar-refractivity contribution >= 4 is 21.4 Å². The summed E-state index contributed by atoms with van der Waals surface area (Å²) in [7, 11) is -0.498. The molecule has 1 aliphatic rings. The van der Waals surface area contributed by atoms with E-state index in [1.807, 2.05) is 6.07 Å². The van der Waals surface area contributed by atoms with E-state index in [-0.39, 0.29) is 10.3 Å². The predicted molar refractivity (Wildman–Crippen MR) is 86.8 cm³/mol. The molecule has 1 aliphatic carbocycles. The number of nitrogens with two attached hydrogens (primary N) is 1. The van der Waals surface area contributed by atoms with Crippen LogP contribution in [0.4, 0.5) is 11.4 Å². The van der Waals surface area contributed by atoms with Crippen LogP contribution >= 0.6 is 0 Å². The number of sulfonamides is 1. The quantitative estimate of drug-likeness (QED) is 0.819. The normalized spacial score (nSPS) is 18.1. The lowest BCUT2D eigenvalue weighted by molar-refractivity contribution is 0.362. The van der Waals surface area contributed by atoms with Crippen molar-refractivity contribution in [1.29, 1.82) is 0 Å². The summed E-state index contributed by atoms with van der Waals surface area (Å²) in [5.74, 6) is 0. The van der Waals surface area contributed by atoms with Crippen molar-refractivity contribution in [2.75, 3.05) is 31.7 Å². The Bertz CT molecular complexity index is 605. The van der Waals surface area contributed by atoms with Crippen molar-refractivity contribution in [2.24, 2.45) is 5.41 Å². The van der Waals surface area contributed by atoms with Crippen molar-refractivity contribution in [3.8, 4) is 0 Å². The Balaban J connectivity index is 2.22. The van der Waals surface area contributed by atoms with Gasteiger partial charge in [-0.15, -0.1) is 0 Å². The highest BCUT2D eigenvalue weighted by Gasteiger charge is 2.29. The van der Waals surface area contributed by atoms with E-state index in [4.69, 9.17) is 5.73 Å². The summed E-state index contributed by atoms with van der Waals surface area (Å²) in [5, 5.41) is 3.34. The van der Waals surface area contributed by atoms with Gasteiger partial charge in [-0.25, -0.2) is 12.7 Å². The first-order chi connectivity index (χ1) is 9.76. The van der Waals surface area contributed by atoms with Gasteiger partial charge in [0.05, 0.1) is 11.4 Å². The molecule has 0 amide bonds. The highest BCUT2D eigenvalue weighted by Crippen LogP contribution is 2.38. The molecule has 1 aromatic carbocycles. The van der Waals surface area contributed by atoms with Gasteiger partial charge in [0.15, 0.2) is 0 Å². The molecule has 6 heteroatoms. The summed E-state index contributed by atoms with van der Waals surface area (Å²) >= 11 is 0. The maximum absolute atomic E-state index is 12.2. The summed E-state index contributed by atoms with van der Waals surface area (Å²) in [6.45, 7) is 3.09. The Morgan fingerprint density at radius 3 is 2.48 bits per heavy atom. The number of benzene rings is 1. The third-order valence-corrected chi connectivity index (χ3v) is 6.21. The number of nitrogens with one attached hydrogen (secondary N) is 1. The summed E-state index contributed by atoms with van der Waals surface area (Å²) in [4.78, 5) is 0.161. The summed E-state index contributed by atoms with van der Waals surface area (Å²) < 4.78 is 25.7. The molecule has 3 N–H and O–H groups in total. The van der Waals surface area contributed by atoms with Crippen LogP contribution in [0.1, 0.15) is 32.6 Å². The molecule has 0 atom stereocenters. The first-order valence-corrected chi connectivity index (χ1v) is 8.75. The largest absolute Gasteiger partial charge is 0.396 e. The van der Waals surface area contributed by atoms with Crippen molar-refractivity contribution in [3.05, 3.63) is 18.2 Å². The number of nitrogens with zero attached hydrogens (tertiary/aromatic N) is 1. The first-order valence-electron chi connectivity index (χ1n) is 7.31. The average Bonchev–Trinajstić information content (AvgIpc) is 2.84. The van der Waals surface area contributed by atoms with E-state index < -0.39 is 10.0 Å². The van der Waals surface area contributed by atoms with Crippen molar-refractivity contribution in [3.63, 3.8) is 0 Å². The van der Waals surface area contributed by atoms with E-state index in [1.54, 1.807) is 12.1 Å². The molecule has 1 saturated carbocycles. The third kappa shape index (κ3) is 3.32. The van der Waals surface area contributed by atoms with Gasteiger partial charge in [0, 0.05) is 20.6 Å². The average molecular weight is 311 g/mol. The predicted octanol–water partition coefficient (Wildman–Crippen LogP) is 2.51. The minimum Gasteiger partial charge on any atom is -0.396 e. The summed E-state index contributed by atoms with van der Waals surface area (Å²) in [5.41, 5.74) is 7.35. The van der Waals surface area contributed by atoms with Crippen LogP contribution in [-0.4, -0.2) is 33.4 Å². The molecule has 2 rings (SSSR count). The fraction of sp³-hybridized carbons (Fsp3) is 0.600. The Kier molecular flexibility index (Phi) is 4.49. The second kappa shape index (κ2) is 5.85. The van der Waals surface area contributed by atoms with E-state index in [2.05, 4.69) is 12.2 Å². The van der Waals surface area contributed by atoms with E-state index in [0.29, 0.717) is 11.4 Å². The second-order valence-corrected chi connectivity index (χ2v) is 8.50. The van der Waals surface area contributed by atoms with Crippen LogP contribution in [0.15, 0.2) is 23.1 Å². The van der Waals surface area contributed by atoms with E-state index in [0.717, 1.165) is 6.54 Å². The molecule has 0 saturated heterocycles. The Hall–Kier alpha value is -1.27. The van der Waals surface area contributed by atoms with Crippen LogP contribution in [0.25, 0.3) is 0 Å². The van der Waals surface area contributed by atoms with E-state index in [9.17, 15) is 8.42 Å². The van der Waals surface area contributed by atoms with Crippen LogP contribution in [0.5, 0.6) is 0 Å². The maximum atomic E-state index is 12.2. The monoisotopic (exact) mass is 311 g/mol. The highest BCUT2D eigenvalue weighted by molar-refractivity contribution is 7.89. The molecule has 0 unspecified atom stereocenters. The lowest BCUT2D eigenvalue weighted by Crippen LogP contribution is -2.25. The minimum absolute atomic E-state index is 0.161. The van der Waals surface area contributed by atoms with Gasteiger partial charge in [-0.2, -0.15) is 0 Å². The van der Waals surface area contributed by atoms with E-state index in [1.165, 1.54) is 44.1 Å². The molecule has 0 aromatic heterocycles. The lowest BCUT2D eigenvalue weighted by atomic mass is 9.89. The SMILES string of the molecule is CN(C)S(=O)(=O)c1cccc(NCC2(C)CCCC2)c1N. The summed E-state index contributed by atoms with van der Waals surface area (Å²) in [6, 6.07) is 5.11. The van der Waals surface area contributed by atoms with Crippen LogP contribution in [-0.2, 0) is 10.0 Å². The second-order valence-electron chi connectivity index (χ2n) is 6.38. The number of rotatable bonds is 5. The molecule has 5 nitrogen and oxygen atoms in total. The summed E-state index contributed by atoms with van der Waals surface area (Å²) in [6.07, 6.45) is 4.94. The zero-order valence-electron chi connectivity index (χ0n) is 13.0. The topological polar surface area (TPSA) is 75.4 Å². The number of para-hydroxylation sites is 1. The number of anilines is 2. The number of nitrogen functional groups attached to an aromatic ring is 1. The third-order valence-electron chi connectivity index (χ3n) is 4.34. The van der Waals surface area contributed by atoms with Gasteiger partial charge in [-0.05, 0) is 30.4 Å². The maximum Gasteiger partial charge on any atom is 0.244 e. The van der Waals surface area contributed by atoms with Gasteiger partial charge < -0.3 is 11.1 Å². The van der Waals surface area contributed by atoms with Gasteiger partial charge in [0.2, 0.25) is 10.0 Å². The van der Waals surface area contributed by atoms with Crippen LogP contribution in [0.2, 0.25) is 0 Å². The van der Waals surface area contributed by atoms with Crippen LogP contribution < -0.4 is 11.1 Å².